The second kappa shape index (κ2) is 6.05. The van der Waals surface area contributed by atoms with Crippen LogP contribution in [0.2, 0.25) is 0 Å². The molecule has 0 spiro atoms. The number of hydrogen-bond acceptors (Lipinski definition) is 4. The second-order valence-corrected chi connectivity index (χ2v) is 4.15. The van der Waals surface area contributed by atoms with Crippen LogP contribution in [0, 0.1) is 0 Å². The third kappa shape index (κ3) is 2.87. The SMILES string of the molecule is CCOC(=O)NNC(=O)C(C)n1cnc2ccccc21. The Bertz CT molecular complexity index is 623. The molecule has 1 unspecified atom stereocenters. The largest absolute Gasteiger partial charge is 0.449 e. The summed E-state index contributed by atoms with van der Waals surface area (Å²) >= 11 is 0. The highest BCUT2D eigenvalue weighted by Gasteiger charge is 2.17. The van der Waals surface area contributed by atoms with Crippen LogP contribution >= 0.6 is 0 Å². The molecule has 2 aromatic rings. The average molecular weight is 276 g/mol. The predicted octanol–water partition coefficient (Wildman–Crippen LogP) is 1.37. The lowest BCUT2D eigenvalue weighted by Crippen LogP contribution is -2.44. The third-order valence-corrected chi connectivity index (χ3v) is 2.84. The number of fused-ring (bicyclic) bond motifs is 1. The minimum Gasteiger partial charge on any atom is -0.449 e. The van der Waals surface area contributed by atoms with Crippen LogP contribution in [0.25, 0.3) is 11.0 Å². The van der Waals surface area contributed by atoms with Crippen LogP contribution in [0.15, 0.2) is 30.6 Å². The molecule has 0 saturated carbocycles. The van der Waals surface area contributed by atoms with Crippen LogP contribution in [0.5, 0.6) is 0 Å². The molecule has 2 rings (SSSR count). The summed E-state index contributed by atoms with van der Waals surface area (Å²) in [4.78, 5) is 27.3. The number of imidazole rings is 1. The van der Waals surface area contributed by atoms with Gasteiger partial charge in [-0.2, -0.15) is 0 Å². The van der Waals surface area contributed by atoms with E-state index in [0.717, 1.165) is 11.0 Å². The van der Waals surface area contributed by atoms with Crippen molar-refractivity contribution in [3.8, 4) is 0 Å². The van der Waals surface area contributed by atoms with Gasteiger partial charge in [-0.25, -0.2) is 15.2 Å². The van der Waals surface area contributed by atoms with Crippen molar-refractivity contribution in [2.24, 2.45) is 0 Å². The Morgan fingerprint density at radius 1 is 1.35 bits per heavy atom. The average Bonchev–Trinajstić information content (AvgIpc) is 2.88. The van der Waals surface area contributed by atoms with Crippen molar-refractivity contribution in [2.75, 3.05) is 6.61 Å². The maximum absolute atomic E-state index is 12.0. The van der Waals surface area contributed by atoms with E-state index in [2.05, 4.69) is 20.6 Å². The minimum absolute atomic E-state index is 0.239. The molecule has 106 valence electrons. The molecule has 20 heavy (non-hydrogen) atoms. The number of ether oxygens (including phenoxy) is 1. The van der Waals surface area contributed by atoms with E-state index in [-0.39, 0.29) is 12.5 Å². The van der Waals surface area contributed by atoms with Crippen molar-refractivity contribution in [1.82, 2.24) is 20.4 Å². The summed E-state index contributed by atoms with van der Waals surface area (Å²) in [5.74, 6) is -0.360. The fourth-order valence-corrected chi connectivity index (χ4v) is 1.80. The third-order valence-electron chi connectivity index (χ3n) is 2.84. The number of benzene rings is 1. The number of nitrogens with one attached hydrogen (secondary N) is 2. The van der Waals surface area contributed by atoms with Crippen molar-refractivity contribution < 1.29 is 14.3 Å². The summed E-state index contributed by atoms with van der Waals surface area (Å²) in [5.41, 5.74) is 6.15. The van der Waals surface area contributed by atoms with E-state index in [9.17, 15) is 9.59 Å². The summed E-state index contributed by atoms with van der Waals surface area (Å²) in [6.07, 6.45) is 0.905. The molecule has 1 aromatic carbocycles. The van der Waals surface area contributed by atoms with Crippen molar-refractivity contribution in [3.63, 3.8) is 0 Å². The highest BCUT2D eigenvalue weighted by atomic mass is 16.5. The van der Waals surface area contributed by atoms with Crippen molar-refractivity contribution in [2.45, 2.75) is 19.9 Å². The molecule has 0 radical (unpaired) electrons. The van der Waals surface area contributed by atoms with Crippen molar-refractivity contribution >= 4 is 23.0 Å². The zero-order chi connectivity index (χ0) is 14.5. The van der Waals surface area contributed by atoms with Gasteiger partial charge in [0.25, 0.3) is 5.91 Å². The number of hydrogen-bond donors (Lipinski definition) is 2. The van der Waals surface area contributed by atoms with Gasteiger partial charge >= 0.3 is 6.09 Å². The van der Waals surface area contributed by atoms with Gasteiger partial charge in [0.2, 0.25) is 0 Å². The lowest BCUT2D eigenvalue weighted by molar-refractivity contribution is -0.124. The molecule has 2 N–H and O–H groups in total. The van der Waals surface area contributed by atoms with E-state index in [0.29, 0.717) is 0 Å². The Labute approximate surface area is 115 Å². The quantitative estimate of drug-likeness (QED) is 0.829. The predicted molar refractivity (Wildman–Crippen MR) is 72.7 cm³/mol. The molecule has 1 aromatic heterocycles. The van der Waals surface area contributed by atoms with Gasteiger partial charge in [0.05, 0.1) is 24.0 Å². The molecule has 0 aliphatic heterocycles. The van der Waals surface area contributed by atoms with E-state index >= 15 is 0 Å². The number of hydrazine groups is 1. The highest BCUT2D eigenvalue weighted by Crippen LogP contribution is 2.16. The van der Waals surface area contributed by atoms with Gasteiger partial charge in [-0.05, 0) is 26.0 Å². The molecule has 0 aliphatic rings. The fourth-order valence-electron chi connectivity index (χ4n) is 1.80. The topological polar surface area (TPSA) is 85.3 Å². The van der Waals surface area contributed by atoms with E-state index in [1.54, 1.807) is 24.7 Å². The van der Waals surface area contributed by atoms with Gasteiger partial charge in [-0.15, -0.1) is 0 Å². The van der Waals surface area contributed by atoms with Crippen molar-refractivity contribution in [3.05, 3.63) is 30.6 Å². The first kappa shape index (κ1) is 13.9. The van der Waals surface area contributed by atoms with Gasteiger partial charge in [0.15, 0.2) is 0 Å². The van der Waals surface area contributed by atoms with E-state index < -0.39 is 12.1 Å². The van der Waals surface area contributed by atoms with Crippen LogP contribution in [-0.4, -0.2) is 28.2 Å². The van der Waals surface area contributed by atoms with Gasteiger partial charge in [0.1, 0.15) is 6.04 Å². The van der Waals surface area contributed by atoms with E-state index in [4.69, 9.17) is 0 Å². The molecule has 0 saturated heterocycles. The Kier molecular flexibility index (Phi) is 4.19. The minimum atomic E-state index is -0.691. The Hall–Kier alpha value is -2.57. The normalized spacial score (nSPS) is 11.9. The standard InChI is InChI=1S/C13H16N4O3/c1-3-20-13(19)16-15-12(18)9(2)17-8-14-10-6-4-5-7-11(10)17/h4-9H,3H2,1-2H3,(H,15,18)(H,16,19). The van der Waals surface area contributed by atoms with E-state index in [1.807, 2.05) is 24.3 Å². The lowest BCUT2D eigenvalue weighted by Gasteiger charge is -2.14. The van der Waals surface area contributed by atoms with Gasteiger partial charge in [-0.3, -0.25) is 10.2 Å². The van der Waals surface area contributed by atoms with Gasteiger partial charge in [0, 0.05) is 0 Å². The van der Waals surface area contributed by atoms with E-state index in [1.165, 1.54) is 0 Å². The summed E-state index contributed by atoms with van der Waals surface area (Å²) < 4.78 is 6.38. The summed E-state index contributed by atoms with van der Waals surface area (Å²) in [6.45, 7) is 3.64. The van der Waals surface area contributed by atoms with Crippen LogP contribution in [0.3, 0.4) is 0 Å². The monoisotopic (exact) mass is 276 g/mol. The number of carbonyl (C=O) groups excluding carboxylic acids is 2. The van der Waals surface area contributed by atoms with Crippen LogP contribution in [0.4, 0.5) is 4.79 Å². The van der Waals surface area contributed by atoms with Gasteiger partial charge < -0.3 is 9.30 Å². The molecule has 0 aliphatic carbocycles. The molecule has 1 heterocycles. The first-order valence-electron chi connectivity index (χ1n) is 6.27. The first-order chi connectivity index (χ1) is 9.63. The number of aromatic nitrogens is 2. The Morgan fingerprint density at radius 2 is 2.10 bits per heavy atom. The lowest BCUT2D eigenvalue weighted by atomic mass is 10.2. The molecular formula is C13H16N4O3. The zero-order valence-corrected chi connectivity index (χ0v) is 11.3. The van der Waals surface area contributed by atoms with Crippen LogP contribution in [0.1, 0.15) is 19.9 Å². The Morgan fingerprint density at radius 3 is 2.85 bits per heavy atom. The summed E-state index contributed by atoms with van der Waals surface area (Å²) in [7, 11) is 0. The zero-order valence-electron chi connectivity index (χ0n) is 11.3. The maximum Gasteiger partial charge on any atom is 0.426 e. The first-order valence-corrected chi connectivity index (χ1v) is 6.27. The highest BCUT2D eigenvalue weighted by molar-refractivity contribution is 5.84. The number of carbonyl (C=O) groups is 2. The molecular weight excluding hydrogens is 260 g/mol. The molecule has 7 nitrogen and oxygen atoms in total. The van der Waals surface area contributed by atoms with Crippen LogP contribution < -0.4 is 10.9 Å². The molecule has 2 amide bonds. The Balaban J connectivity index is 2.05. The van der Waals surface area contributed by atoms with Crippen molar-refractivity contribution in [1.29, 1.82) is 0 Å². The molecule has 0 bridgehead atoms. The van der Waals surface area contributed by atoms with Gasteiger partial charge in [-0.1, -0.05) is 12.1 Å². The fraction of sp³-hybridized carbons (Fsp3) is 0.308. The summed E-state index contributed by atoms with van der Waals surface area (Å²) in [5, 5.41) is 0. The number of rotatable bonds is 3. The molecule has 7 heteroatoms. The number of para-hydroxylation sites is 2. The number of amides is 2. The smallest absolute Gasteiger partial charge is 0.426 e. The number of nitrogens with zero attached hydrogens (tertiary/aromatic N) is 2. The molecule has 0 fully saturated rings. The van der Waals surface area contributed by atoms with Crippen LogP contribution in [-0.2, 0) is 9.53 Å². The summed E-state index contributed by atoms with van der Waals surface area (Å²) in [6, 6.07) is 7.00. The second-order valence-electron chi connectivity index (χ2n) is 4.15. The molecule has 1 atom stereocenters. The maximum atomic E-state index is 12.0.